The molecule has 0 bridgehead atoms. The van der Waals surface area contributed by atoms with E-state index in [2.05, 4.69) is 43.1 Å². The molecular formula is C22H25ClN6O. The van der Waals surface area contributed by atoms with E-state index in [4.69, 9.17) is 16.3 Å². The van der Waals surface area contributed by atoms with Gasteiger partial charge in [-0.15, -0.1) is 0 Å². The Balaban J connectivity index is 1.34. The van der Waals surface area contributed by atoms with Crippen LogP contribution in [0, 0.1) is 6.92 Å². The molecule has 0 unspecified atom stereocenters. The molecule has 4 rings (SSSR count). The molecule has 0 spiro atoms. The molecule has 0 amide bonds. The van der Waals surface area contributed by atoms with Crippen LogP contribution in [0.1, 0.15) is 11.3 Å². The van der Waals surface area contributed by atoms with Crippen LogP contribution in [0.25, 0.3) is 12.0 Å². The minimum absolute atomic E-state index is 0.503. The molecule has 0 atom stereocenters. The number of aromatic nitrogens is 4. The largest absolute Gasteiger partial charge is 0.481 e. The van der Waals surface area contributed by atoms with Gasteiger partial charge in [0.15, 0.2) is 0 Å². The van der Waals surface area contributed by atoms with E-state index in [1.54, 1.807) is 24.1 Å². The van der Waals surface area contributed by atoms with Gasteiger partial charge in [-0.25, -0.2) is 9.67 Å². The predicted molar refractivity (Wildman–Crippen MR) is 120 cm³/mol. The van der Waals surface area contributed by atoms with Gasteiger partial charge in [-0.2, -0.15) is 10.1 Å². The third-order valence-corrected chi connectivity index (χ3v) is 5.51. The molecule has 2 aromatic heterocycles. The average Bonchev–Trinajstić information content (AvgIpc) is 3.14. The zero-order chi connectivity index (χ0) is 20.9. The number of methoxy groups -OCH3 is 1. The maximum Gasteiger partial charge on any atom is 0.254 e. The van der Waals surface area contributed by atoms with Gasteiger partial charge in [-0.1, -0.05) is 29.8 Å². The molecule has 1 aromatic carbocycles. The molecule has 1 saturated heterocycles. The van der Waals surface area contributed by atoms with Crippen molar-refractivity contribution < 1.29 is 4.74 Å². The zero-order valence-corrected chi connectivity index (χ0v) is 18.0. The standard InChI is InChI=1S/C22H25ClN6O/c1-17-18(16-25-29(17)22-24-9-8-21(26-22)30-2)5-4-10-27-11-13-28(14-12-27)20-7-3-6-19(23)15-20/h3-9,15-16H,10-14H2,1-2H3. The van der Waals surface area contributed by atoms with Crippen LogP contribution in [0.3, 0.4) is 0 Å². The Hall–Kier alpha value is -2.90. The van der Waals surface area contributed by atoms with E-state index in [0.29, 0.717) is 11.8 Å². The number of halogens is 1. The Morgan fingerprint density at radius 2 is 2.00 bits per heavy atom. The highest BCUT2D eigenvalue weighted by Crippen LogP contribution is 2.21. The second-order valence-corrected chi connectivity index (χ2v) is 7.60. The molecule has 1 fully saturated rings. The van der Waals surface area contributed by atoms with E-state index in [9.17, 15) is 0 Å². The summed E-state index contributed by atoms with van der Waals surface area (Å²) >= 11 is 6.12. The normalized spacial score (nSPS) is 15.1. The fourth-order valence-corrected chi connectivity index (χ4v) is 3.71. The SMILES string of the molecule is COc1ccnc(-n2ncc(C=CCN3CCN(c4cccc(Cl)c4)CC3)c2C)n1. The highest BCUT2D eigenvalue weighted by molar-refractivity contribution is 6.30. The van der Waals surface area contributed by atoms with Gasteiger partial charge in [0.05, 0.1) is 19.0 Å². The lowest BCUT2D eigenvalue weighted by atomic mass is 10.2. The van der Waals surface area contributed by atoms with Crippen LogP contribution in [-0.4, -0.2) is 64.5 Å². The molecular weight excluding hydrogens is 400 g/mol. The highest BCUT2D eigenvalue weighted by atomic mass is 35.5. The zero-order valence-electron chi connectivity index (χ0n) is 17.2. The van der Waals surface area contributed by atoms with Crippen molar-refractivity contribution in [3.8, 4) is 11.8 Å². The topological polar surface area (TPSA) is 59.3 Å². The highest BCUT2D eigenvalue weighted by Gasteiger charge is 2.16. The Bertz CT molecular complexity index is 1030. The fourth-order valence-electron chi connectivity index (χ4n) is 3.53. The first-order valence-electron chi connectivity index (χ1n) is 9.95. The molecule has 7 nitrogen and oxygen atoms in total. The minimum Gasteiger partial charge on any atom is -0.481 e. The predicted octanol–water partition coefficient (Wildman–Crippen LogP) is 3.47. The van der Waals surface area contributed by atoms with Gasteiger partial charge < -0.3 is 9.64 Å². The maximum atomic E-state index is 6.12. The first kappa shape index (κ1) is 20.4. The van der Waals surface area contributed by atoms with E-state index in [0.717, 1.165) is 49.0 Å². The maximum absolute atomic E-state index is 6.12. The van der Waals surface area contributed by atoms with Crippen LogP contribution in [0.4, 0.5) is 5.69 Å². The van der Waals surface area contributed by atoms with Crippen molar-refractivity contribution in [3.63, 3.8) is 0 Å². The van der Waals surface area contributed by atoms with Crippen LogP contribution in [0.15, 0.2) is 48.8 Å². The van der Waals surface area contributed by atoms with Crippen molar-refractivity contribution in [1.29, 1.82) is 0 Å². The van der Waals surface area contributed by atoms with Gasteiger partial charge in [0.25, 0.3) is 5.95 Å². The molecule has 1 aliphatic rings. The summed E-state index contributed by atoms with van der Waals surface area (Å²) in [7, 11) is 1.59. The van der Waals surface area contributed by atoms with Crippen molar-refractivity contribution in [3.05, 3.63) is 65.1 Å². The molecule has 8 heteroatoms. The molecule has 156 valence electrons. The first-order valence-corrected chi connectivity index (χ1v) is 10.3. The van der Waals surface area contributed by atoms with Crippen molar-refractivity contribution >= 4 is 23.4 Å². The van der Waals surface area contributed by atoms with Crippen LogP contribution in [0.2, 0.25) is 5.02 Å². The van der Waals surface area contributed by atoms with Gasteiger partial charge in [0.1, 0.15) is 0 Å². The van der Waals surface area contributed by atoms with E-state index in [1.807, 2.05) is 31.3 Å². The van der Waals surface area contributed by atoms with Gasteiger partial charge >= 0.3 is 0 Å². The molecule has 0 N–H and O–H groups in total. The lowest BCUT2D eigenvalue weighted by Crippen LogP contribution is -2.46. The fraction of sp³-hybridized carbons (Fsp3) is 0.318. The molecule has 30 heavy (non-hydrogen) atoms. The number of benzene rings is 1. The van der Waals surface area contributed by atoms with Gasteiger partial charge in [-0.3, -0.25) is 4.90 Å². The van der Waals surface area contributed by atoms with Gasteiger partial charge in [-0.05, 0) is 25.1 Å². The number of piperazine rings is 1. The number of rotatable bonds is 6. The van der Waals surface area contributed by atoms with Crippen LogP contribution in [0.5, 0.6) is 5.88 Å². The molecule has 0 radical (unpaired) electrons. The summed E-state index contributed by atoms with van der Waals surface area (Å²) in [6.07, 6.45) is 7.81. The third-order valence-electron chi connectivity index (χ3n) is 5.27. The Kier molecular flexibility index (Phi) is 6.30. The first-order chi connectivity index (χ1) is 14.6. The number of nitrogens with zero attached hydrogens (tertiary/aromatic N) is 6. The third kappa shape index (κ3) is 4.63. The van der Waals surface area contributed by atoms with E-state index < -0.39 is 0 Å². The van der Waals surface area contributed by atoms with Crippen molar-refractivity contribution in [2.45, 2.75) is 6.92 Å². The lowest BCUT2D eigenvalue weighted by molar-refractivity contribution is 0.284. The summed E-state index contributed by atoms with van der Waals surface area (Å²) in [5, 5.41) is 5.22. The van der Waals surface area contributed by atoms with E-state index >= 15 is 0 Å². The number of anilines is 1. The number of ether oxygens (including phenoxy) is 1. The average molecular weight is 425 g/mol. The Labute approximate surface area is 181 Å². The van der Waals surface area contributed by atoms with Crippen LogP contribution in [-0.2, 0) is 0 Å². The van der Waals surface area contributed by atoms with Gasteiger partial charge in [0.2, 0.25) is 5.88 Å². The van der Waals surface area contributed by atoms with E-state index in [1.165, 1.54) is 5.69 Å². The Morgan fingerprint density at radius 1 is 1.17 bits per heavy atom. The van der Waals surface area contributed by atoms with Crippen LogP contribution < -0.4 is 9.64 Å². The summed E-state index contributed by atoms with van der Waals surface area (Å²) < 4.78 is 6.90. The second kappa shape index (κ2) is 9.28. The smallest absolute Gasteiger partial charge is 0.254 e. The van der Waals surface area contributed by atoms with Crippen molar-refractivity contribution in [2.75, 3.05) is 44.7 Å². The van der Waals surface area contributed by atoms with Gasteiger partial charge in [0, 0.05) is 61.3 Å². The molecule has 3 heterocycles. The number of hydrogen-bond acceptors (Lipinski definition) is 6. The summed E-state index contributed by atoms with van der Waals surface area (Å²) in [4.78, 5) is 13.5. The second-order valence-electron chi connectivity index (χ2n) is 7.17. The quantitative estimate of drug-likeness (QED) is 0.604. The molecule has 3 aromatic rings. The summed E-state index contributed by atoms with van der Waals surface area (Å²) in [5.74, 6) is 1.02. The monoisotopic (exact) mass is 424 g/mol. The Morgan fingerprint density at radius 3 is 2.77 bits per heavy atom. The molecule has 1 aliphatic heterocycles. The van der Waals surface area contributed by atoms with Crippen LogP contribution >= 0.6 is 11.6 Å². The summed E-state index contributed by atoms with van der Waals surface area (Å²) in [5.41, 5.74) is 3.24. The van der Waals surface area contributed by atoms with Crippen molar-refractivity contribution in [2.24, 2.45) is 0 Å². The minimum atomic E-state index is 0.503. The number of hydrogen-bond donors (Lipinski definition) is 0. The summed E-state index contributed by atoms with van der Waals surface area (Å²) in [6.45, 7) is 6.96. The summed E-state index contributed by atoms with van der Waals surface area (Å²) in [6, 6.07) is 9.79. The van der Waals surface area contributed by atoms with Crippen molar-refractivity contribution in [1.82, 2.24) is 24.6 Å². The lowest BCUT2D eigenvalue weighted by Gasteiger charge is -2.35. The van der Waals surface area contributed by atoms with E-state index in [-0.39, 0.29) is 0 Å². The molecule has 0 saturated carbocycles. The molecule has 0 aliphatic carbocycles.